The number of carboxylic acids is 1. The number of nitrogens with zero attached hydrogens (tertiary/aromatic N) is 2. The van der Waals surface area contributed by atoms with Crippen molar-refractivity contribution in [1.82, 2.24) is 9.88 Å². The Hall–Kier alpha value is -1.82. The Bertz CT molecular complexity index is 516. The van der Waals surface area contributed by atoms with Gasteiger partial charge in [-0.05, 0) is 25.0 Å². The first-order valence-electron chi connectivity index (χ1n) is 6.49. The van der Waals surface area contributed by atoms with E-state index in [4.69, 9.17) is 16.7 Å². The Kier molecular flexibility index (Phi) is 4.79. The fourth-order valence-corrected chi connectivity index (χ4v) is 2.30. The van der Waals surface area contributed by atoms with Gasteiger partial charge in [0.15, 0.2) is 5.69 Å². The molecule has 7 heteroatoms. The number of carbonyl (C=O) groups is 2. The third kappa shape index (κ3) is 3.60. The molecule has 108 valence electrons. The predicted molar refractivity (Wildman–Crippen MR) is 75.1 cm³/mol. The number of carboxylic acid groups (broad SMARTS) is 1. The van der Waals surface area contributed by atoms with Crippen LogP contribution in [-0.4, -0.2) is 46.5 Å². The summed E-state index contributed by atoms with van der Waals surface area (Å²) in [6.45, 7) is 2.09. The smallest absolute Gasteiger partial charge is 0.356 e. The molecule has 0 unspecified atom stereocenters. The summed E-state index contributed by atoms with van der Waals surface area (Å²) in [5.74, 6) is -0.657. The summed E-state index contributed by atoms with van der Waals surface area (Å²) in [5, 5.41) is 11.9. The number of halogens is 1. The predicted octanol–water partition coefficient (Wildman–Crippen LogP) is 1.86. The van der Waals surface area contributed by atoms with Gasteiger partial charge in [0.25, 0.3) is 0 Å². The highest BCUT2D eigenvalue weighted by atomic mass is 35.5. The topological polar surface area (TPSA) is 82.5 Å². The van der Waals surface area contributed by atoms with Crippen LogP contribution in [0.25, 0.3) is 0 Å². The number of anilines is 1. The van der Waals surface area contributed by atoms with E-state index in [2.05, 4.69) is 10.3 Å². The molecule has 0 aromatic carbocycles. The Morgan fingerprint density at radius 3 is 2.70 bits per heavy atom. The van der Waals surface area contributed by atoms with Crippen molar-refractivity contribution in [2.45, 2.75) is 19.3 Å². The second-order valence-electron chi connectivity index (χ2n) is 4.60. The molecular formula is C13H16ClN3O3. The van der Waals surface area contributed by atoms with Crippen LogP contribution in [0.5, 0.6) is 0 Å². The van der Waals surface area contributed by atoms with E-state index >= 15 is 0 Å². The van der Waals surface area contributed by atoms with Crippen LogP contribution in [0.1, 0.15) is 29.8 Å². The number of pyridine rings is 1. The molecule has 0 bridgehead atoms. The maximum atomic E-state index is 11.8. The van der Waals surface area contributed by atoms with E-state index in [0.29, 0.717) is 18.8 Å². The first-order chi connectivity index (χ1) is 9.58. The molecule has 0 spiro atoms. The average Bonchev–Trinajstić information content (AvgIpc) is 2.94. The molecule has 1 aliphatic rings. The van der Waals surface area contributed by atoms with Crippen molar-refractivity contribution in [3.05, 3.63) is 22.8 Å². The van der Waals surface area contributed by atoms with Gasteiger partial charge < -0.3 is 15.3 Å². The zero-order valence-electron chi connectivity index (χ0n) is 10.9. The van der Waals surface area contributed by atoms with Gasteiger partial charge in [-0.2, -0.15) is 0 Å². The van der Waals surface area contributed by atoms with E-state index in [9.17, 15) is 9.59 Å². The van der Waals surface area contributed by atoms with Crippen molar-refractivity contribution in [3.8, 4) is 0 Å². The van der Waals surface area contributed by atoms with Crippen LogP contribution in [-0.2, 0) is 4.79 Å². The minimum atomic E-state index is -1.17. The molecule has 0 saturated carbocycles. The van der Waals surface area contributed by atoms with Crippen LogP contribution in [0.2, 0.25) is 5.02 Å². The standard InChI is InChI=1S/C13H16ClN3O3/c14-9-3-4-10(16-12(9)13(19)20)15-6-5-11(18)17-7-1-2-8-17/h3-4H,1-2,5-8H2,(H,15,16)(H,19,20). The fraction of sp³-hybridized carbons (Fsp3) is 0.462. The summed E-state index contributed by atoms with van der Waals surface area (Å²) in [6.07, 6.45) is 2.51. The number of hydrogen-bond donors (Lipinski definition) is 2. The van der Waals surface area contributed by atoms with E-state index in [0.717, 1.165) is 25.9 Å². The maximum Gasteiger partial charge on any atom is 0.356 e. The van der Waals surface area contributed by atoms with E-state index < -0.39 is 5.97 Å². The van der Waals surface area contributed by atoms with Crippen LogP contribution in [0.15, 0.2) is 12.1 Å². The Labute approximate surface area is 121 Å². The maximum absolute atomic E-state index is 11.8. The van der Waals surface area contributed by atoms with Gasteiger partial charge in [0, 0.05) is 26.1 Å². The molecule has 0 aliphatic carbocycles. The molecule has 1 aromatic rings. The van der Waals surface area contributed by atoms with E-state index in [1.807, 2.05) is 4.90 Å². The molecule has 2 N–H and O–H groups in total. The number of nitrogens with one attached hydrogen (secondary N) is 1. The van der Waals surface area contributed by atoms with Gasteiger partial charge in [-0.3, -0.25) is 4.79 Å². The van der Waals surface area contributed by atoms with E-state index in [1.54, 1.807) is 6.07 Å². The lowest BCUT2D eigenvalue weighted by molar-refractivity contribution is -0.129. The summed E-state index contributed by atoms with van der Waals surface area (Å²) in [7, 11) is 0. The minimum absolute atomic E-state index is 0.0937. The Balaban J connectivity index is 1.86. The van der Waals surface area contributed by atoms with E-state index in [-0.39, 0.29) is 16.6 Å². The minimum Gasteiger partial charge on any atom is -0.476 e. The first kappa shape index (κ1) is 14.6. The highest BCUT2D eigenvalue weighted by Crippen LogP contribution is 2.16. The molecule has 0 radical (unpaired) electrons. The molecular weight excluding hydrogens is 282 g/mol. The van der Waals surface area contributed by atoms with Gasteiger partial charge in [-0.15, -0.1) is 0 Å². The van der Waals surface area contributed by atoms with E-state index in [1.165, 1.54) is 6.07 Å². The van der Waals surface area contributed by atoms with Crippen LogP contribution in [0, 0.1) is 0 Å². The number of likely N-dealkylation sites (tertiary alicyclic amines) is 1. The zero-order valence-corrected chi connectivity index (χ0v) is 11.7. The van der Waals surface area contributed by atoms with Crippen LogP contribution < -0.4 is 5.32 Å². The fourth-order valence-electron chi connectivity index (χ4n) is 2.11. The van der Waals surface area contributed by atoms with Crippen molar-refractivity contribution in [2.24, 2.45) is 0 Å². The van der Waals surface area contributed by atoms with Crippen molar-refractivity contribution >= 4 is 29.3 Å². The number of aromatic carboxylic acids is 1. The van der Waals surface area contributed by atoms with Crippen molar-refractivity contribution in [2.75, 3.05) is 25.0 Å². The summed E-state index contributed by atoms with van der Waals surface area (Å²) in [6, 6.07) is 3.07. The summed E-state index contributed by atoms with van der Waals surface area (Å²) >= 11 is 5.73. The number of amides is 1. The monoisotopic (exact) mass is 297 g/mol. The number of rotatable bonds is 5. The molecule has 1 aromatic heterocycles. The number of carbonyl (C=O) groups excluding carboxylic acids is 1. The SMILES string of the molecule is O=C(O)c1nc(NCCC(=O)N2CCCC2)ccc1Cl. The van der Waals surface area contributed by atoms with Crippen LogP contribution >= 0.6 is 11.6 Å². The Morgan fingerprint density at radius 2 is 2.05 bits per heavy atom. The average molecular weight is 298 g/mol. The molecule has 20 heavy (non-hydrogen) atoms. The molecule has 2 rings (SSSR count). The second-order valence-corrected chi connectivity index (χ2v) is 5.00. The van der Waals surface area contributed by atoms with Crippen molar-refractivity contribution in [1.29, 1.82) is 0 Å². The highest BCUT2D eigenvalue weighted by Gasteiger charge is 2.17. The lowest BCUT2D eigenvalue weighted by Crippen LogP contribution is -2.29. The molecule has 2 heterocycles. The molecule has 0 atom stereocenters. The van der Waals surface area contributed by atoms with Crippen LogP contribution in [0.3, 0.4) is 0 Å². The molecule has 1 amide bonds. The number of hydrogen-bond acceptors (Lipinski definition) is 4. The van der Waals surface area contributed by atoms with Gasteiger partial charge in [-0.25, -0.2) is 9.78 Å². The quantitative estimate of drug-likeness (QED) is 0.867. The molecule has 6 nitrogen and oxygen atoms in total. The van der Waals surface area contributed by atoms with Gasteiger partial charge in [0.2, 0.25) is 5.91 Å². The molecule has 1 fully saturated rings. The lowest BCUT2D eigenvalue weighted by Gasteiger charge is -2.15. The zero-order chi connectivity index (χ0) is 14.5. The summed E-state index contributed by atoms with van der Waals surface area (Å²) in [5.41, 5.74) is -0.192. The van der Waals surface area contributed by atoms with Gasteiger partial charge in [0.05, 0.1) is 5.02 Å². The first-order valence-corrected chi connectivity index (χ1v) is 6.87. The summed E-state index contributed by atoms with van der Waals surface area (Å²) in [4.78, 5) is 28.5. The van der Waals surface area contributed by atoms with Crippen LogP contribution in [0.4, 0.5) is 5.82 Å². The summed E-state index contributed by atoms with van der Waals surface area (Å²) < 4.78 is 0. The number of aromatic nitrogens is 1. The van der Waals surface area contributed by atoms with Gasteiger partial charge in [-0.1, -0.05) is 11.6 Å². The van der Waals surface area contributed by atoms with Gasteiger partial charge >= 0.3 is 5.97 Å². The normalized spacial score (nSPS) is 14.3. The molecule has 1 aliphatic heterocycles. The third-order valence-electron chi connectivity index (χ3n) is 3.15. The largest absolute Gasteiger partial charge is 0.476 e. The molecule has 1 saturated heterocycles. The Morgan fingerprint density at radius 1 is 1.35 bits per heavy atom. The van der Waals surface area contributed by atoms with Crippen molar-refractivity contribution in [3.63, 3.8) is 0 Å². The van der Waals surface area contributed by atoms with Gasteiger partial charge in [0.1, 0.15) is 5.82 Å². The van der Waals surface area contributed by atoms with Crippen molar-refractivity contribution < 1.29 is 14.7 Å². The highest BCUT2D eigenvalue weighted by molar-refractivity contribution is 6.33. The third-order valence-corrected chi connectivity index (χ3v) is 3.46. The second kappa shape index (κ2) is 6.56. The lowest BCUT2D eigenvalue weighted by atomic mass is 10.3.